The van der Waals surface area contributed by atoms with Gasteiger partial charge in [-0.05, 0) is 19.3 Å². The van der Waals surface area contributed by atoms with Crippen molar-refractivity contribution in [3.8, 4) is 0 Å². The van der Waals surface area contributed by atoms with E-state index in [2.05, 4.69) is 11.7 Å². The second kappa shape index (κ2) is 16.8. The van der Waals surface area contributed by atoms with Crippen molar-refractivity contribution >= 4 is 5.97 Å². The van der Waals surface area contributed by atoms with Crippen LogP contribution in [0.4, 0.5) is 4.39 Å². The third-order valence-corrected chi connectivity index (χ3v) is 4.25. The van der Waals surface area contributed by atoms with Crippen LogP contribution in [0.25, 0.3) is 0 Å². The van der Waals surface area contributed by atoms with Gasteiger partial charge in [0.15, 0.2) is 0 Å². The van der Waals surface area contributed by atoms with Crippen molar-refractivity contribution in [3.63, 3.8) is 0 Å². The van der Waals surface area contributed by atoms with Gasteiger partial charge < -0.3 is 4.74 Å². The van der Waals surface area contributed by atoms with E-state index in [-0.39, 0.29) is 5.97 Å². The van der Waals surface area contributed by atoms with E-state index in [1.807, 2.05) is 0 Å². The van der Waals surface area contributed by atoms with Crippen LogP contribution >= 0.6 is 0 Å². The van der Waals surface area contributed by atoms with Gasteiger partial charge in [-0.25, -0.2) is 4.39 Å². The lowest BCUT2D eigenvalue weighted by Crippen LogP contribution is -2.00. The van der Waals surface area contributed by atoms with Gasteiger partial charge in [-0.2, -0.15) is 0 Å². The number of halogens is 1. The number of methoxy groups -OCH3 is 1. The van der Waals surface area contributed by atoms with Crippen LogP contribution in [-0.2, 0) is 9.53 Å². The minimum Gasteiger partial charge on any atom is -0.469 e. The molecule has 0 unspecified atom stereocenters. The molecule has 0 fully saturated rings. The van der Waals surface area contributed by atoms with Gasteiger partial charge in [-0.15, -0.1) is 0 Å². The highest BCUT2D eigenvalue weighted by Gasteiger charge is 2.06. The van der Waals surface area contributed by atoms with E-state index in [4.69, 9.17) is 0 Å². The molecule has 0 N–H and O–H groups in total. The topological polar surface area (TPSA) is 26.3 Å². The van der Waals surface area contributed by atoms with Crippen LogP contribution < -0.4 is 0 Å². The summed E-state index contributed by atoms with van der Waals surface area (Å²) in [5.74, 6) is -0.126. The molecule has 0 saturated carbocycles. The zero-order chi connectivity index (χ0) is 16.5. The summed E-state index contributed by atoms with van der Waals surface area (Å²) in [5.41, 5.74) is 0. The third kappa shape index (κ3) is 15.8. The second-order valence-corrected chi connectivity index (χ2v) is 6.39. The van der Waals surface area contributed by atoms with Gasteiger partial charge in [0.1, 0.15) is 6.17 Å². The molecular formula is C19H37FO2. The quantitative estimate of drug-likeness (QED) is 0.244. The smallest absolute Gasteiger partial charge is 0.305 e. The monoisotopic (exact) mass is 316 g/mol. The molecular weight excluding hydrogens is 279 g/mol. The Balaban J connectivity index is 3.19. The van der Waals surface area contributed by atoms with Gasteiger partial charge in [0, 0.05) is 6.42 Å². The molecule has 132 valence electrons. The van der Waals surface area contributed by atoms with E-state index in [0.29, 0.717) is 12.8 Å². The lowest BCUT2D eigenvalue weighted by Gasteiger charge is -2.08. The highest BCUT2D eigenvalue weighted by molar-refractivity contribution is 5.68. The summed E-state index contributed by atoms with van der Waals surface area (Å²) >= 11 is 0. The molecule has 0 saturated heterocycles. The van der Waals surface area contributed by atoms with Crippen LogP contribution in [0.5, 0.6) is 0 Å². The van der Waals surface area contributed by atoms with Crippen molar-refractivity contribution in [2.75, 3.05) is 7.11 Å². The zero-order valence-corrected chi connectivity index (χ0v) is 14.9. The molecule has 3 heteroatoms. The van der Waals surface area contributed by atoms with Crippen molar-refractivity contribution in [2.45, 2.75) is 109 Å². The van der Waals surface area contributed by atoms with Crippen molar-refractivity contribution < 1.29 is 13.9 Å². The lowest BCUT2D eigenvalue weighted by atomic mass is 10.0. The molecule has 0 aliphatic carbocycles. The van der Waals surface area contributed by atoms with Crippen LogP contribution in [0, 0.1) is 0 Å². The Labute approximate surface area is 137 Å². The summed E-state index contributed by atoms with van der Waals surface area (Å²) in [6, 6.07) is 0. The summed E-state index contributed by atoms with van der Waals surface area (Å²) in [6.45, 7) is 2.23. The number of carbonyl (C=O) groups excluding carboxylic acids is 1. The maximum Gasteiger partial charge on any atom is 0.305 e. The molecule has 0 rings (SSSR count). The van der Waals surface area contributed by atoms with E-state index in [9.17, 15) is 9.18 Å². The fourth-order valence-electron chi connectivity index (χ4n) is 2.73. The van der Waals surface area contributed by atoms with Gasteiger partial charge in [0.2, 0.25) is 0 Å². The fraction of sp³-hybridized carbons (Fsp3) is 0.947. The summed E-state index contributed by atoms with van der Waals surface area (Å²) < 4.78 is 18.3. The third-order valence-electron chi connectivity index (χ3n) is 4.25. The molecule has 0 aromatic heterocycles. The van der Waals surface area contributed by atoms with Gasteiger partial charge in [-0.1, -0.05) is 77.6 Å². The Morgan fingerprint density at radius 3 is 1.77 bits per heavy atom. The first-order valence-corrected chi connectivity index (χ1v) is 9.41. The highest BCUT2D eigenvalue weighted by atomic mass is 19.1. The van der Waals surface area contributed by atoms with Crippen LogP contribution in [0.3, 0.4) is 0 Å². The zero-order valence-electron chi connectivity index (χ0n) is 14.9. The molecule has 1 atom stereocenters. The molecule has 0 aromatic carbocycles. The Morgan fingerprint density at radius 1 is 0.818 bits per heavy atom. The Morgan fingerprint density at radius 2 is 1.27 bits per heavy atom. The maximum atomic E-state index is 13.7. The van der Waals surface area contributed by atoms with Gasteiger partial charge >= 0.3 is 5.97 Å². The molecule has 0 aliphatic rings. The number of hydrogen-bond acceptors (Lipinski definition) is 2. The number of alkyl halides is 1. The number of esters is 1. The number of ether oxygens (including phenoxy) is 1. The van der Waals surface area contributed by atoms with Crippen LogP contribution in [0.2, 0.25) is 0 Å². The van der Waals surface area contributed by atoms with E-state index < -0.39 is 6.17 Å². The minimum absolute atomic E-state index is 0.126. The molecule has 0 aromatic rings. The molecule has 0 radical (unpaired) electrons. The lowest BCUT2D eigenvalue weighted by molar-refractivity contribution is -0.140. The standard InChI is InChI=1S/C19H37FO2/c1-3-4-5-6-7-9-12-15-18(20)16-13-10-8-11-14-17-19(21)22-2/h18H,3-17H2,1-2H3/t18-/m1/s1. The molecule has 0 heterocycles. The van der Waals surface area contributed by atoms with Crippen LogP contribution in [0.1, 0.15) is 103 Å². The molecule has 0 amide bonds. The summed E-state index contributed by atoms with van der Waals surface area (Å²) in [6.07, 6.45) is 15.3. The number of carbonyl (C=O) groups is 1. The van der Waals surface area contributed by atoms with Gasteiger partial charge in [0.05, 0.1) is 7.11 Å². The molecule has 2 nitrogen and oxygen atoms in total. The van der Waals surface area contributed by atoms with E-state index in [1.165, 1.54) is 45.6 Å². The van der Waals surface area contributed by atoms with E-state index in [0.717, 1.165) is 44.9 Å². The highest BCUT2D eigenvalue weighted by Crippen LogP contribution is 2.16. The van der Waals surface area contributed by atoms with Gasteiger partial charge in [-0.3, -0.25) is 4.79 Å². The van der Waals surface area contributed by atoms with Crippen LogP contribution in [0.15, 0.2) is 0 Å². The average Bonchev–Trinajstić information content (AvgIpc) is 2.52. The predicted molar refractivity (Wildman–Crippen MR) is 91.8 cm³/mol. The maximum absolute atomic E-state index is 13.7. The van der Waals surface area contributed by atoms with Crippen molar-refractivity contribution in [1.82, 2.24) is 0 Å². The first kappa shape index (κ1) is 21.4. The van der Waals surface area contributed by atoms with E-state index >= 15 is 0 Å². The molecule has 0 bridgehead atoms. The van der Waals surface area contributed by atoms with E-state index in [1.54, 1.807) is 0 Å². The van der Waals surface area contributed by atoms with Crippen molar-refractivity contribution in [3.05, 3.63) is 0 Å². The van der Waals surface area contributed by atoms with Crippen molar-refractivity contribution in [2.24, 2.45) is 0 Å². The van der Waals surface area contributed by atoms with Crippen molar-refractivity contribution in [1.29, 1.82) is 0 Å². The first-order valence-electron chi connectivity index (χ1n) is 9.41. The second-order valence-electron chi connectivity index (χ2n) is 6.39. The average molecular weight is 317 g/mol. The summed E-state index contributed by atoms with van der Waals surface area (Å²) in [4.78, 5) is 10.9. The Kier molecular flexibility index (Phi) is 16.3. The number of unbranched alkanes of at least 4 members (excludes halogenated alkanes) is 10. The number of rotatable bonds is 16. The SMILES string of the molecule is CCCCCCCCC[C@@H](F)CCCCCCCC(=O)OC. The number of hydrogen-bond donors (Lipinski definition) is 0. The normalized spacial score (nSPS) is 12.3. The first-order chi connectivity index (χ1) is 10.7. The molecule has 0 spiro atoms. The largest absolute Gasteiger partial charge is 0.469 e. The summed E-state index contributed by atoms with van der Waals surface area (Å²) in [7, 11) is 1.43. The molecule has 0 aliphatic heterocycles. The summed E-state index contributed by atoms with van der Waals surface area (Å²) in [5, 5.41) is 0. The Bertz CT molecular complexity index is 244. The van der Waals surface area contributed by atoms with Crippen LogP contribution in [-0.4, -0.2) is 19.3 Å². The Hall–Kier alpha value is -0.600. The predicted octanol–water partition coefficient (Wildman–Crippen LogP) is 6.37. The van der Waals surface area contributed by atoms with Gasteiger partial charge in [0.25, 0.3) is 0 Å². The minimum atomic E-state index is -0.606. The fourth-order valence-corrected chi connectivity index (χ4v) is 2.73. The molecule has 22 heavy (non-hydrogen) atoms.